The number of allylic oxidation sites excluding steroid dienone is 2. The van der Waals surface area contributed by atoms with Crippen LogP contribution in [-0.2, 0) is 4.74 Å². The standard InChI is InChI=1S/C21H36O/c1-14(2)16-9-11-20(4,5)18-10-12-21(6)19(22-21)8-7-15(3)13-17(16)18/h13-14,16-19H,7-12H2,1-6H3/b15-13-/t16-,17-,18-,19-,21-/m1/s1. The van der Waals surface area contributed by atoms with Gasteiger partial charge in [-0.15, -0.1) is 0 Å². The van der Waals surface area contributed by atoms with Crippen molar-refractivity contribution >= 4 is 0 Å². The predicted molar refractivity (Wildman–Crippen MR) is 93.8 cm³/mol. The molecule has 22 heavy (non-hydrogen) atoms. The summed E-state index contributed by atoms with van der Waals surface area (Å²) in [6.45, 7) is 14.6. The Morgan fingerprint density at radius 3 is 2.50 bits per heavy atom. The Morgan fingerprint density at radius 2 is 1.82 bits per heavy atom. The van der Waals surface area contributed by atoms with Crippen LogP contribution in [0.25, 0.3) is 0 Å². The van der Waals surface area contributed by atoms with Gasteiger partial charge in [0.05, 0.1) is 11.7 Å². The lowest BCUT2D eigenvalue weighted by Gasteiger charge is -2.49. The highest BCUT2D eigenvalue weighted by atomic mass is 16.6. The molecule has 0 aromatic rings. The van der Waals surface area contributed by atoms with E-state index in [9.17, 15) is 0 Å². The smallest absolute Gasteiger partial charge is 0.0920 e. The molecule has 126 valence electrons. The quantitative estimate of drug-likeness (QED) is 0.428. The van der Waals surface area contributed by atoms with Crippen LogP contribution in [0.2, 0.25) is 0 Å². The van der Waals surface area contributed by atoms with Gasteiger partial charge in [-0.1, -0.05) is 39.3 Å². The van der Waals surface area contributed by atoms with Crippen LogP contribution in [0, 0.1) is 29.1 Å². The van der Waals surface area contributed by atoms with Gasteiger partial charge in [0.15, 0.2) is 0 Å². The van der Waals surface area contributed by atoms with Crippen LogP contribution >= 0.6 is 0 Å². The largest absolute Gasteiger partial charge is 0.366 e. The second-order valence-electron chi connectivity index (χ2n) is 9.63. The summed E-state index contributed by atoms with van der Waals surface area (Å²) in [5.74, 6) is 3.28. The SMILES string of the molecule is C/C1=C/[C@@H]2[C@@H](C(C)C)CCC(C)(C)[C@@H]2CC[C@@]2(C)O[C@@H]2CC1. The Hall–Kier alpha value is -0.300. The van der Waals surface area contributed by atoms with Crippen molar-refractivity contribution in [3.63, 3.8) is 0 Å². The first-order valence-corrected chi connectivity index (χ1v) is 9.58. The van der Waals surface area contributed by atoms with Gasteiger partial charge in [0.1, 0.15) is 0 Å². The summed E-state index contributed by atoms with van der Waals surface area (Å²) in [4.78, 5) is 0. The summed E-state index contributed by atoms with van der Waals surface area (Å²) >= 11 is 0. The van der Waals surface area contributed by atoms with Crippen LogP contribution < -0.4 is 0 Å². The van der Waals surface area contributed by atoms with Gasteiger partial charge in [-0.05, 0) is 81.5 Å². The monoisotopic (exact) mass is 304 g/mol. The second kappa shape index (κ2) is 5.65. The van der Waals surface area contributed by atoms with E-state index in [1.54, 1.807) is 5.57 Å². The van der Waals surface area contributed by atoms with Crippen LogP contribution in [0.1, 0.15) is 80.1 Å². The Kier molecular flexibility index (Phi) is 4.25. The lowest BCUT2D eigenvalue weighted by atomic mass is 9.56. The number of hydrogen-bond acceptors (Lipinski definition) is 1. The van der Waals surface area contributed by atoms with Gasteiger partial charge in [0.25, 0.3) is 0 Å². The first-order chi connectivity index (χ1) is 10.2. The molecule has 1 saturated heterocycles. The zero-order valence-corrected chi connectivity index (χ0v) is 15.6. The lowest BCUT2D eigenvalue weighted by molar-refractivity contribution is 0.0232. The van der Waals surface area contributed by atoms with Crippen molar-refractivity contribution in [1.82, 2.24) is 0 Å². The fraction of sp³-hybridized carbons (Fsp3) is 0.905. The molecule has 1 heterocycles. The first-order valence-electron chi connectivity index (χ1n) is 9.58. The highest BCUT2D eigenvalue weighted by molar-refractivity contribution is 5.12. The molecule has 3 aliphatic rings. The first kappa shape index (κ1) is 16.6. The third kappa shape index (κ3) is 3.03. The van der Waals surface area contributed by atoms with Gasteiger partial charge >= 0.3 is 0 Å². The van der Waals surface area contributed by atoms with Gasteiger partial charge in [-0.2, -0.15) is 0 Å². The minimum Gasteiger partial charge on any atom is -0.366 e. The molecule has 0 radical (unpaired) electrons. The predicted octanol–water partition coefficient (Wildman–Crippen LogP) is 5.99. The normalized spacial score (nSPS) is 47.1. The van der Waals surface area contributed by atoms with Gasteiger partial charge < -0.3 is 4.74 Å². The fourth-order valence-electron chi connectivity index (χ4n) is 5.42. The summed E-state index contributed by atoms with van der Waals surface area (Å²) in [7, 11) is 0. The van der Waals surface area contributed by atoms with E-state index >= 15 is 0 Å². The lowest BCUT2D eigenvalue weighted by Crippen LogP contribution is -2.41. The maximum atomic E-state index is 6.08. The Labute approximate surface area is 137 Å². The molecule has 0 spiro atoms. The van der Waals surface area contributed by atoms with E-state index in [1.807, 2.05) is 0 Å². The molecular formula is C21H36O. The van der Waals surface area contributed by atoms with Crippen molar-refractivity contribution in [2.45, 2.75) is 91.8 Å². The zero-order valence-electron chi connectivity index (χ0n) is 15.6. The van der Waals surface area contributed by atoms with Gasteiger partial charge in [-0.25, -0.2) is 0 Å². The molecule has 1 heteroatoms. The van der Waals surface area contributed by atoms with Crippen molar-refractivity contribution in [3.8, 4) is 0 Å². The Balaban J connectivity index is 1.91. The average Bonchev–Trinajstić information content (AvgIpc) is 3.06. The van der Waals surface area contributed by atoms with Crippen LogP contribution in [0.5, 0.6) is 0 Å². The molecular weight excluding hydrogens is 268 g/mol. The summed E-state index contributed by atoms with van der Waals surface area (Å²) < 4.78 is 6.08. The summed E-state index contributed by atoms with van der Waals surface area (Å²) in [6, 6.07) is 0. The number of fused-ring (bicyclic) bond motifs is 2. The molecule has 0 aromatic heterocycles. The minimum atomic E-state index is 0.197. The van der Waals surface area contributed by atoms with Crippen molar-refractivity contribution in [1.29, 1.82) is 0 Å². The third-order valence-electron chi connectivity index (χ3n) is 7.21. The number of epoxide rings is 1. The molecule has 0 amide bonds. The van der Waals surface area contributed by atoms with E-state index in [1.165, 1.54) is 38.5 Å². The molecule has 5 atom stereocenters. The van der Waals surface area contributed by atoms with E-state index in [4.69, 9.17) is 4.74 Å². The number of rotatable bonds is 1. The number of hydrogen-bond donors (Lipinski definition) is 0. The topological polar surface area (TPSA) is 12.5 Å². The van der Waals surface area contributed by atoms with Crippen molar-refractivity contribution < 1.29 is 4.74 Å². The van der Waals surface area contributed by atoms with E-state index in [-0.39, 0.29) is 5.60 Å². The number of ether oxygens (including phenoxy) is 1. The molecule has 0 bridgehead atoms. The van der Waals surface area contributed by atoms with Crippen LogP contribution in [-0.4, -0.2) is 11.7 Å². The molecule has 3 rings (SSSR count). The molecule has 0 aromatic carbocycles. The van der Waals surface area contributed by atoms with E-state index in [2.05, 4.69) is 47.6 Å². The van der Waals surface area contributed by atoms with E-state index in [0.29, 0.717) is 11.5 Å². The van der Waals surface area contributed by atoms with Crippen molar-refractivity contribution in [2.24, 2.45) is 29.1 Å². The minimum absolute atomic E-state index is 0.197. The van der Waals surface area contributed by atoms with Gasteiger partial charge in [0.2, 0.25) is 0 Å². The van der Waals surface area contributed by atoms with Crippen LogP contribution in [0.15, 0.2) is 11.6 Å². The summed E-state index contributed by atoms with van der Waals surface area (Å²) in [5.41, 5.74) is 2.29. The van der Waals surface area contributed by atoms with Crippen LogP contribution in [0.3, 0.4) is 0 Å². The third-order valence-corrected chi connectivity index (χ3v) is 7.21. The Bertz CT molecular complexity index is 447. The maximum absolute atomic E-state index is 6.08. The summed E-state index contributed by atoms with van der Waals surface area (Å²) in [6.07, 6.45) is 11.1. The summed E-state index contributed by atoms with van der Waals surface area (Å²) in [5, 5.41) is 0. The molecule has 1 nitrogen and oxygen atoms in total. The van der Waals surface area contributed by atoms with E-state index < -0.39 is 0 Å². The molecule has 1 aliphatic heterocycles. The zero-order chi connectivity index (χ0) is 16.1. The van der Waals surface area contributed by atoms with Gasteiger partial charge in [0, 0.05) is 0 Å². The molecule has 0 unspecified atom stereocenters. The highest BCUT2D eigenvalue weighted by Crippen LogP contribution is 2.54. The highest BCUT2D eigenvalue weighted by Gasteiger charge is 2.53. The molecule has 1 saturated carbocycles. The van der Waals surface area contributed by atoms with E-state index in [0.717, 1.165) is 23.7 Å². The molecule has 2 fully saturated rings. The Morgan fingerprint density at radius 1 is 1.09 bits per heavy atom. The van der Waals surface area contributed by atoms with Crippen LogP contribution in [0.4, 0.5) is 0 Å². The maximum Gasteiger partial charge on any atom is 0.0920 e. The fourth-order valence-corrected chi connectivity index (χ4v) is 5.42. The molecule has 0 N–H and O–H groups in total. The second-order valence-corrected chi connectivity index (χ2v) is 9.63. The van der Waals surface area contributed by atoms with Crippen molar-refractivity contribution in [3.05, 3.63) is 11.6 Å². The van der Waals surface area contributed by atoms with Gasteiger partial charge in [-0.3, -0.25) is 0 Å². The molecule has 2 aliphatic carbocycles. The average molecular weight is 305 g/mol. The van der Waals surface area contributed by atoms with Crippen molar-refractivity contribution in [2.75, 3.05) is 0 Å².